The third kappa shape index (κ3) is 3.21. The molecule has 0 aromatic heterocycles. The number of benzene rings is 2. The second kappa shape index (κ2) is 5.21. The fourth-order valence-electron chi connectivity index (χ4n) is 3.38. The molecule has 0 radical (unpaired) electrons. The fourth-order valence-corrected chi connectivity index (χ4v) is 3.38. The van der Waals surface area contributed by atoms with Gasteiger partial charge in [-0.25, -0.2) is 0 Å². The molecule has 2 N–H and O–H groups in total. The van der Waals surface area contributed by atoms with E-state index in [2.05, 4.69) is 71.0 Å². The third-order valence-electron chi connectivity index (χ3n) is 3.94. The summed E-state index contributed by atoms with van der Waals surface area (Å²) in [7, 11) is 0. The molecule has 0 heterocycles. The number of nitrogens with two attached hydrogens (primary N) is 1. The molecule has 0 atom stereocenters. The lowest BCUT2D eigenvalue weighted by Crippen LogP contribution is -2.24. The summed E-state index contributed by atoms with van der Waals surface area (Å²) in [6.07, 6.45) is 1.17. The van der Waals surface area contributed by atoms with Gasteiger partial charge in [0.25, 0.3) is 0 Å². The van der Waals surface area contributed by atoms with Gasteiger partial charge in [-0.2, -0.15) is 0 Å². The minimum Gasteiger partial charge on any atom is -0.326 e. The van der Waals surface area contributed by atoms with Gasteiger partial charge in [-0.1, -0.05) is 71.0 Å². The van der Waals surface area contributed by atoms with E-state index in [9.17, 15) is 0 Å². The molecule has 0 aliphatic carbocycles. The lowest BCUT2D eigenvalue weighted by Gasteiger charge is -2.33. The summed E-state index contributed by atoms with van der Waals surface area (Å²) in [6.45, 7) is 12.2. The summed E-state index contributed by atoms with van der Waals surface area (Å²) < 4.78 is 0. The van der Waals surface area contributed by atoms with Crippen molar-refractivity contribution in [1.82, 2.24) is 0 Å². The van der Waals surface area contributed by atoms with Crippen molar-refractivity contribution < 1.29 is 0 Å². The summed E-state index contributed by atoms with van der Waals surface area (Å²) in [5.41, 5.74) is 8.98. The first kappa shape index (κ1) is 15.1. The van der Waals surface area contributed by atoms with Crippen LogP contribution in [0.5, 0.6) is 0 Å². The van der Waals surface area contributed by atoms with Crippen LogP contribution < -0.4 is 5.73 Å². The molecule has 2 aromatic carbocycles. The summed E-state index contributed by atoms with van der Waals surface area (Å²) in [4.78, 5) is 0. The van der Waals surface area contributed by atoms with E-state index < -0.39 is 0 Å². The van der Waals surface area contributed by atoms with E-state index in [0.717, 1.165) is 0 Å². The zero-order valence-electron chi connectivity index (χ0n) is 13.5. The Morgan fingerprint density at radius 2 is 1.65 bits per heavy atom. The van der Waals surface area contributed by atoms with Gasteiger partial charge in [-0.3, -0.25) is 0 Å². The fraction of sp³-hybridized carbons (Fsp3) is 0.474. The lowest BCUT2D eigenvalue weighted by atomic mass is 9.72. The van der Waals surface area contributed by atoms with Gasteiger partial charge in [0.15, 0.2) is 0 Å². The summed E-state index contributed by atoms with van der Waals surface area (Å²) in [5, 5.41) is 2.58. The van der Waals surface area contributed by atoms with Crippen LogP contribution in [0.1, 0.15) is 52.2 Å². The van der Waals surface area contributed by atoms with E-state index >= 15 is 0 Å². The first-order valence-electron chi connectivity index (χ1n) is 7.45. The Balaban J connectivity index is 2.46. The van der Waals surface area contributed by atoms with Gasteiger partial charge in [-0.15, -0.1) is 0 Å². The van der Waals surface area contributed by atoms with Crippen LogP contribution in [0.3, 0.4) is 0 Å². The molecule has 0 saturated heterocycles. The smallest absolute Gasteiger partial charge is 0.0184 e. The van der Waals surface area contributed by atoms with Crippen LogP contribution in [0.15, 0.2) is 36.4 Å². The Bertz CT molecular complexity index is 603. The van der Waals surface area contributed by atoms with E-state index in [1.165, 1.54) is 28.3 Å². The highest BCUT2D eigenvalue weighted by Gasteiger charge is 2.27. The van der Waals surface area contributed by atoms with Crippen LogP contribution in [0.4, 0.5) is 0 Å². The predicted molar refractivity (Wildman–Crippen MR) is 88.9 cm³/mol. The maximum atomic E-state index is 5.82. The lowest BCUT2D eigenvalue weighted by molar-refractivity contribution is 0.284. The molecule has 2 aromatic rings. The van der Waals surface area contributed by atoms with Crippen molar-refractivity contribution in [3.05, 3.63) is 47.5 Å². The molecule has 0 saturated carbocycles. The minimum absolute atomic E-state index is 0.186. The average Bonchev–Trinajstić information content (AvgIpc) is 2.34. The van der Waals surface area contributed by atoms with Crippen molar-refractivity contribution in [3.63, 3.8) is 0 Å². The number of fused-ring (bicyclic) bond motifs is 1. The molecule has 0 unspecified atom stereocenters. The average molecular weight is 269 g/mol. The Morgan fingerprint density at radius 1 is 0.950 bits per heavy atom. The van der Waals surface area contributed by atoms with Crippen molar-refractivity contribution in [2.75, 3.05) is 0 Å². The summed E-state index contributed by atoms with van der Waals surface area (Å²) in [5.74, 6) is 0. The van der Waals surface area contributed by atoms with Crippen molar-refractivity contribution in [2.45, 2.75) is 53.0 Å². The zero-order chi connectivity index (χ0) is 15.0. The predicted octanol–water partition coefficient (Wildman–Crippen LogP) is 5.01. The van der Waals surface area contributed by atoms with Crippen molar-refractivity contribution in [1.29, 1.82) is 0 Å². The van der Waals surface area contributed by atoms with Crippen LogP contribution in [-0.2, 0) is 12.0 Å². The Hall–Kier alpha value is -1.34. The molecule has 0 spiro atoms. The highest BCUT2D eigenvalue weighted by Crippen LogP contribution is 2.37. The van der Waals surface area contributed by atoms with Crippen LogP contribution in [0, 0.1) is 5.41 Å². The monoisotopic (exact) mass is 269 g/mol. The quantitative estimate of drug-likeness (QED) is 0.832. The van der Waals surface area contributed by atoms with Gasteiger partial charge < -0.3 is 5.73 Å². The van der Waals surface area contributed by atoms with Crippen molar-refractivity contribution in [3.8, 4) is 0 Å². The van der Waals surface area contributed by atoms with E-state index in [4.69, 9.17) is 5.73 Å². The highest BCUT2D eigenvalue weighted by molar-refractivity contribution is 5.86. The van der Waals surface area contributed by atoms with Crippen molar-refractivity contribution in [2.24, 2.45) is 11.1 Å². The maximum Gasteiger partial charge on any atom is 0.0184 e. The molecule has 108 valence electrons. The molecule has 2 rings (SSSR count). The minimum atomic E-state index is 0.186. The number of rotatable bonds is 3. The molecular weight excluding hydrogens is 242 g/mol. The zero-order valence-corrected chi connectivity index (χ0v) is 13.5. The van der Waals surface area contributed by atoms with Crippen LogP contribution >= 0.6 is 0 Å². The van der Waals surface area contributed by atoms with Gasteiger partial charge in [0.2, 0.25) is 0 Å². The normalized spacial score (nSPS) is 12.9. The van der Waals surface area contributed by atoms with Crippen LogP contribution in [-0.4, -0.2) is 0 Å². The van der Waals surface area contributed by atoms with E-state index in [1.54, 1.807) is 0 Å². The molecule has 0 aliphatic rings. The molecule has 1 nitrogen and oxygen atoms in total. The number of hydrogen-bond acceptors (Lipinski definition) is 1. The van der Waals surface area contributed by atoms with E-state index in [1.807, 2.05) is 0 Å². The van der Waals surface area contributed by atoms with E-state index in [0.29, 0.717) is 12.0 Å². The topological polar surface area (TPSA) is 26.0 Å². The van der Waals surface area contributed by atoms with Gasteiger partial charge in [0.1, 0.15) is 0 Å². The highest BCUT2D eigenvalue weighted by atomic mass is 14.5. The first-order valence-corrected chi connectivity index (χ1v) is 7.45. The standard InChI is InChI=1S/C19H27N/c1-18(2,3)13-19(4,5)16-9-10-17-14(11-16)7-6-8-15(17)12-20/h6-11H,12-13,20H2,1-5H3. The third-order valence-corrected chi connectivity index (χ3v) is 3.94. The van der Waals surface area contributed by atoms with Gasteiger partial charge in [0.05, 0.1) is 0 Å². The maximum absolute atomic E-state index is 5.82. The first-order chi connectivity index (χ1) is 9.23. The Kier molecular flexibility index (Phi) is 3.93. The van der Waals surface area contributed by atoms with Gasteiger partial charge in [0, 0.05) is 6.54 Å². The summed E-state index contributed by atoms with van der Waals surface area (Å²) in [6, 6.07) is 13.2. The molecule has 1 heteroatoms. The molecule has 0 aliphatic heterocycles. The molecule has 0 amide bonds. The molecule has 0 fully saturated rings. The van der Waals surface area contributed by atoms with Crippen molar-refractivity contribution >= 4 is 10.8 Å². The van der Waals surface area contributed by atoms with Gasteiger partial charge >= 0.3 is 0 Å². The number of hydrogen-bond donors (Lipinski definition) is 1. The Labute approximate surface area is 123 Å². The molecular formula is C19H27N. The second-order valence-corrected chi connectivity index (χ2v) is 7.68. The SMILES string of the molecule is CC(C)(C)CC(C)(C)c1ccc2c(CN)cccc2c1. The van der Waals surface area contributed by atoms with Crippen LogP contribution in [0.2, 0.25) is 0 Å². The Morgan fingerprint density at radius 3 is 2.25 bits per heavy atom. The summed E-state index contributed by atoms with van der Waals surface area (Å²) >= 11 is 0. The largest absolute Gasteiger partial charge is 0.326 e. The van der Waals surface area contributed by atoms with Gasteiger partial charge in [-0.05, 0) is 39.2 Å². The molecule has 0 bridgehead atoms. The van der Waals surface area contributed by atoms with E-state index in [-0.39, 0.29) is 5.41 Å². The molecule has 20 heavy (non-hydrogen) atoms. The van der Waals surface area contributed by atoms with Crippen LogP contribution in [0.25, 0.3) is 10.8 Å². The second-order valence-electron chi connectivity index (χ2n) is 7.68.